The lowest BCUT2D eigenvalue weighted by Gasteiger charge is -2.25. The largest absolute Gasteiger partial charge is 0.319 e. The van der Waals surface area contributed by atoms with Gasteiger partial charge in [0.15, 0.2) is 0 Å². The van der Waals surface area contributed by atoms with Crippen LogP contribution in [0.15, 0.2) is 48.7 Å². The minimum Gasteiger partial charge on any atom is -0.319 e. The maximum absolute atomic E-state index is 13.4. The van der Waals surface area contributed by atoms with Crippen LogP contribution in [0.4, 0.5) is 10.1 Å². The van der Waals surface area contributed by atoms with Gasteiger partial charge < -0.3 is 9.88 Å². The number of benzene rings is 1. The summed E-state index contributed by atoms with van der Waals surface area (Å²) in [4.78, 5) is 19.5. The van der Waals surface area contributed by atoms with Crippen LogP contribution in [0.25, 0.3) is 0 Å². The van der Waals surface area contributed by atoms with E-state index in [1.807, 2.05) is 29.0 Å². The third-order valence-electron chi connectivity index (χ3n) is 5.74. The van der Waals surface area contributed by atoms with Crippen molar-refractivity contribution >= 4 is 11.6 Å². The molecule has 0 saturated carbocycles. The van der Waals surface area contributed by atoms with Crippen molar-refractivity contribution in [1.82, 2.24) is 24.6 Å². The number of hydrogen-bond donors (Lipinski definition) is 1. The summed E-state index contributed by atoms with van der Waals surface area (Å²) in [6.45, 7) is 3.52. The molecule has 7 nitrogen and oxygen atoms in total. The Balaban J connectivity index is 1.29. The van der Waals surface area contributed by atoms with Crippen LogP contribution < -0.4 is 5.32 Å². The predicted molar refractivity (Wildman–Crippen MR) is 105 cm³/mol. The molecule has 0 aliphatic carbocycles. The minimum atomic E-state index is -0.395. The van der Waals surface area contributed by atoms with Gasteiger partial charge in [0.2, 0.25) is 5.82 Å². The van der Waals surface area contributed by atoms with Gasteiger partial charge in [-0.15, -0.1) is 10.2 Å². The normalized spacial score (nSPS) is 20.9. The Hall–Kier alpha value is -3.13. The summed E-state index contributed by atoms with van der Waals surface area (Å²) in [5.41, 5.74) is 1.48. The van der Waals surface area contributed by atoms with E-state index in [4.69, 9.17) is 0 Å². The lowest BCUT2D eigenvalue weighted by atomic mass is 9.89. The summed E-state index contributed by atoms with van der Waals surface area (Å²) in [5.74, 6) is 1.32. The van der Waals surface area contributed by atoms with Gasteiger partial charge in [-0.25, -0.2) is 4.39 Å². The van der Waals surface area contributed by atoms with Crippen molar-refractivity contribution in [3.63, 3.8) is 0 Å². The van der Waals surface area contributed by atoms with E-state index >= 15 is 0 Å². The first kappa shape index (κ1) is 17.9. The molecule has 0 spiro atoms. The van der Waals surface area contributed by atoms with Crippen molar-refractivity contribution in [3.8, 4) is 0 Å². The van der Waals surface area contributed by atoms with Crippen LogP contribution in [0.1, 0.15) is 22.1 Å². The Labute approximate surface area is 167 Å². The van der Waals surface area contributed by atoms with Crippen molar-refractivity contribution in [2.24, 2.45) is 11.8 Å². The second kappa shape index (κ2) is 7.36. The van der Waals surface area contributed by atoms with E-state index in [1.54, 1.807) is 12.1 Å². The summed E-state index contributed by atoms with van der Waals surface area (Å²) in [5, 5.41) is 11.1. The molecule has 4 heterocycles. The van der Waals surface area contributed by atoms with Crippen LogP contribution in [-0.4, -0.2) is 43.6 Å². The van der Waals surface area contributed by atoms with Crippen molar-refractivity contribution < 1.29 is 9.18 Å². The highest BCUT2D eigenvalue weighted by molar-refractivity contribution is 6.01. The maximum Gasteiger partial charge on any atom is 0.293 e. The van der Waals surface area contributed by atoms with Crippen molar-refractivity contribution in [1.29, 1.82) is 0 Å². The first-order valence-electron chi connectivity index (χ1n) is 9.77. The summed E-state index contributed by atoms with van der Waals surface area (Å²) in [6, 6.07) is 11.8. The molecule has 1 amide bonds. The molecule has 0 radical (unpaired) electrons. The topological polar surface area (TPSA) is 75.9 Å². The molecular weight excluding hydrogens is 371 g/mol. The van der Waals surface area contributed by atoms with Gasteiger partial charge in [-0.2, -0.15) is 0 Å². The van der Waals surface area contributed by atoms with Gasteiger partial charge in [0.1, 0.15) is 11.6 Å². The Morgan fingerprint density at radius 2 is 2.00 bits per heavy atom. The molecule has 1 saturated heterocycles. The molecule has 1 aromatic carbocycles. The maximum atomic E-state index is 13.4. The van der Waals surface area contributed by atoms with E-state index in [-0.39, 0.29) is 11.7 Å². The van der Waals surface area contributed by atoms with E-state index in [0.717, 1.165) is 44.1 Å². The van der Waals surface area contributed by atoms with Gasteiger partial charge in [0.25, 0.3) is 5.91 Å². The molecule has 29 heavy (non-hydrogen) atoms. The number of nitrogens with one attached hydrogen (secondary N) is 1. The Bertz CT molecular complexity index is 1040. The average molecular weight is 392 g/mol. The number of hydrogen-bond acceptors (Lipinski definition) is 5. The van der Waals surface area contributed by atoms with E-state index in [1.165, 1.54) is 12.1 Å². The number of aromatic nitrogens is 4. The quantitative estimate of drug-likeness (QED) is 0.738. The van der Waals surface area contributed by atoms with Crippen LogP contribution >= 0.6 is 0 Å². The number of anilines is 1. The fourth-order valence-corrected chi connectivity index (χ4v) is 4.39. The van der Waals surface area contributed by atoms with Gasteiger partial charge in [-0.3, -0.25) is 14.7 Å². The Morgan fingerprint density at radius 3 is 2.83 bits per heavy atom. The highest BCUT2D eigenvalue weighted by Crippen LogP contribution is 2.33. The van der Waals surface area contributed by atoms with Gasteiger partial charge in [0, 0.05) is 44.5 Å². The van der Waals surface area contributed by atoms with E-state index in [9.17, 15) is 9.18 Å². The number of nitrogens with zero attached hydrogens (tertiary/aromatic N) is 5. The van der Waals surface area contributed by atoms with Crippen molar-refractivity contribution in [2.45, 2.75) is 19.5 Å². The number of likely N-dealkylation sites (tertiary alicyclic amines) is 1. The molecule has 1 N–H and O–H groups in total. The molecule has 0 bridgehead atoms. The minimum absolute atomic E-state index is 0.283. The fraction of sp³-hybridized carbons (Fsp3) is 0.333. The van der Waals surface area contributed by atoms with Gasteiger partial charge >= 0.3 is 0 Å². The fourth-order valence-electron chi connectivity index (χ4n) is 4.39. The SMILES string of the molecule is O=C(Nc1cccc(F)c1)c1nnc2n1C[C@H]1CN(Cc3ccccn3)C[C@H]1C2. The summed E-state index contributed by atoms with van der Waals surface area (Å²) in [6.07, 6.45) is 2.63. The average Bonchev–Trinajstić information content (AvgIpc) is 3.29. The van der Waals surface area contributed by atoms with E-state index in [0.29, 0.717) is 17.5 Å². The van der Waals surface area contributed by atoms with Crippen molar-refractivity contribution in [3.05, 3.63) is 71.8 Å². The lowest BCUT2D eigenvalue weighted by Crippen LogP contribution is -2.31. The molecule has 8 heteroatoms. The zero-order valence-electron chi connectivity index (χ0n) is 15.8. The molecule has 2 aliphatic rings. The molecule has 148 valence electrons. The molecule has 2 atom stereocenters. The third kappa shape index (κ3) is 3.63. The predicted octanol–water partition coefficient (Wildman–Crippen LogP) is 2.37. The number of halogens is 1. The number of carbonyl (C=O) groups is 1. The monoisotopic (exact) mass is 392 g/mol. The van der Waals surface area contributed by atoms with Gasteiger partial charge in [-0.1, -0.05) is 12.1 Å². The first-order chi connectivity index (χ1) is 14.2. The smallest absolute Gasteiger partial charge is 0.293 e. The third-order valence-corrected chi connectivity index (χ3v) is 5.74. The van der Waals surface area contributed by atoms with Crippen LogP contribution in [0.3, 0.4) is 0 Å². The number of rotatable bonds is 4. The standard InChI is InChI=1S/C21H21FN6O/c22-16-4-3-6-17(9-16)24-21(29)20-26-25-19-8-14-10-27(11-15(14)12-28(19)20)13-18-5-1-2-7-23-18/h1-7,9,14-15H,8,10-13H2,(H,24,29)/t14-,15-/m1/s1. The number of fused-ring (bicyclic) bond motifs is 2. The molecule has 1 fully saturated rings. The zero-order chi connectivity index (χ0) is 19.8. The van der Waals surface area contributed by atoms with E-state index < -0.39 is 5.82 Å². The van der Waals surface area contributed by atoms with Gasteiger partial charge in [0.05, 0.1) is 5.69 Å². The molecule has 5 rings (SSSR count). The van der Waals surface area contributed by atoms with Crippen LogP contribution in [-0.2, 0) is 19.5 Å². The van der Waals surface area contributed by atoms with E-state index in [2.05, 4.69) is 25.4 Å². The lowest BCUT2D eigenvalue weighted by molar-refractivity contribution is 0.100. The van der Waals surface area contributed by atoms with Crippen LogP contribution in [0.5, 0.6) is 0 Å². The molecule has 2 aliphatic heterocycles. The summed E-state index contributed by atoms with van der Waals surface area (Å²) >= 11 is 0. The number of amides is 1. The number of pyridine rings is 1. The van der Waals surface area contributed by atoms with Gasteiger partial charge in [-0.05, 0) is 42.2 Å². The Morgan fingerprint density at radius 1 is 1.10 bits per heavy atom. The highest BCUT2D eigenvalue weighted by atomic mass is 19.1. The molecule has 2 aromatic heterocycles. The second-order valence-corrected chi connectivity index (χ2v) is 7.75. The zero-order valence-corrected chi connectivity index (χ0v) is 15.8. The second-order valence-electron chi connectivity index (χ2n) is 7.75. The molecular formula is C21H21FN6O. The number of carbonyl (C=O) groups excluding carboxylic acids is 1. The highest BCUT2D eigenvalue weighted by Gasteiger charge is 2.39. The first-order valence-corrected chi connectivity index (χ1v) is 9.77. The molecule has 0 unspecified atom stereocenters. The summed E-state index contributed by atoms with van der Waals surface area (Å²) in [7, 11) is 0. The van der Waals surface area contributed by atoms with Crippen LogP contribution in [0, 0.1) is 17.7 Å². The van der Waals surface area contributed by atoms with Crippen molar-refractivity contribution in [2.75, 3.05) is 18.4 Å². The Kier molecular flexibility index (Phi) is 4.55. The van der Waals surface area contributed by atoms with Crippen LogP contribution in [0.2, 0.25) is 0 Å². The summed E-state index contributed by atoms with van der Waals surface area (Å²) < 4.78 is 15.3. The molecule has 3 aromatic rings.